The zero-order valence-electron chi connectivity index (χ0n) is 12.6. The third-order valence-corrected chi connectivity index (χ3v) is 3.23. The van der Waals surface area contributed by atoms with Crippen molar-refractivity contribution in [1.29, 1.82) is 0 Å². The van der Waals surface area contributed by atoms with E-state index in [0.29, 0.717) is 25.8 Å². The van der Waals surface area contributed by atoms with E-state index in [1.807, 2.05) is 0 Å². The van der Waals surface area contributed by atoms with Crippen LogP contribution >= 0.6 is 0 Å². The third kappa shape index (κ3) is 4.80. The predicted molar refractivity (Wildman–Crippen MR) is 75.5 cm³/mol. The van der Waals surface area contributed by atoms with Gasteiger partial charge in [-0.3, -0.25) is 9.59 Å². The summed E-state index contributed by atoms with van der Waals surface area (Å²) < 4.78 is 38.9. The zero-order chi connectivity index (χ0) is 16.9. The van der Waals surface area contributed by atoms with Gasteiger partial charge in [0.25, 0.3) is 5.91 Å². The van der Waals surface area contributed by atoms with Crippen LogP contribution in [0.15, 0.2) is 18.2 Å². The molecule has 1 aliphatic heterocycles. The van der Waals surface area contributed by atoms with Gasteiger partial charge in [-0.1, -0.05) is 6.42 Å². The maximum atomic E-state index is 12.9. The van der Waals surface area contributed by atoms with Crippen LogP contribution in [0.4, 0.5) is 8.78 Å². The summed E-state index contributed by atoms with van der Waals surface area (Å²) >= 11 is 0. The van der Waals surface area contributed by atoms with Gasteiger partial charge in [0.15, 0.2) is 11.5 Å². The molecule has 126 valence electrons. The quantitative estimate of drug-likeness (QED) is 0.614. The number of unbranched alkanes of at least 4 members (excludes halogenated alkanes) is 2. The highest BCUT2D eigenvalue weighted by molar-refractivity contribution is 5.94. The molecule has 1 aromatic carbocycles. The summed E-state index contributed by atoms with van der Waals surface area (Å²) in [6.07, 6.45) is -1.20. The number of rotatable bonds is 7. The van der Waals surface area contributed by atoms with Gasteiger partial charge in [-0.05, 0) is 31.0 Å². The molecule has 0 aromatic heterocycles. The molecule has 1 aliphatic rings. The average molecular weight is 329 g/mol. The summed E-state index contributed by atoms with van der Waals surface area (Å²) in [5, 5.41) is 2.67. The Hall–Kier alpha value is -2.38. The Morgan fingerprint density at radius 1 is 1.17 bits per heavy atom. The fourth-order valence-electron chi connectivity index (χ4n) is 2.07. The number of esters is 1. The van der Waals surface area contributed by atoms with Gasteiger partial charge in [0, 0.05) is 18.5 Å². The minimum atomic E-state index is -3.70. The van der Waals surface area contributed by atoms with Crippen molar-refractivity contribution in [3.63, 3.8) is 0 Å². The maximum Gasteiger partial charge on any atom is 0.586 e. The van der Waals surface area contributed by atoms with Gasteiger partial charge in [-0.2, -0.15) is 0 Å². The first-order valence-corrected chi connectivity index (χ1v) is 7.16. The van der Waals surface area contributed by atoms with Crippen molar-refractivity contribution in [2.75, 3.05) is 13.7 Å². The van der Waals surface area contributed by atoms with E-state index in [1.54, 1.807) is 0 Å². The van der Waals surface area contributed by atoms with E-state index in [9.17, 15) is 18.4 Å². The highest BCUT2D eigenvalue weighted by atomic mass is 19.3. The normalized spacial score (nSPS) is 14.4. The number of hydrogen-bond acceptors (Lipinski definition) is 5. The Morgan fingerprint density at radius 3 is 2.65 bits per heavy atom. The lowest BCUT2D eigenvalue weighted by Crippen LogP contribution is -2.26. The second-order valence-electron chi connectivity index (χ2n) is 4.97. The molecule has 0 radical (unpaired) electrons. The lowest BCUT2D eigenvalue weighted by atomic mass is 10.1. The van der Waals surface area contributed by atoms with Crippen LogP contribution in [0, 0.1) is 0 Å². The number of alkyl halides is 2. The first-order chi connectivity index (χ1) is 10.9. The first-order valence-electron chi connectivity index (χ1n) is 7.16. The number of ether oxygens (including phenoxy) is 3. The monoisotopic (exact) mass is 329 g/mol. The topological polar surface area (TPSA) is 73.9 Å². The Balaban J connectivity index is 1.74. The highest BCUT2D eigenvalue weighted by Gasteiger charge is 2.43. The van der Waals surface area contributed by atoms with Gasteiger partial charge in [0.05, 0.1) is 7.11 Å². The van der Waals surface area contributed by atoms with Crippen molar-refractivity contribution in [1.82, 2.24) is 5.32 Å². The van der Waals surface area contributed by atoms with E-state index in [4.69, 9.17) is 0 Å². The van der Waals surface area contributed by atoms with Crippen LogP contribution in [0.2, 0.25) is 0 Å². The first kappa shape index (κ1) is 17.0. The van der Waals surface area contributed by atoms with Crippen molar-refractivity contribution in [2.24, 2.45) is 0 Å². The molecule has 0 bridgehead atoms. The van der Waals surface area contributed by atoms with Gasteiger partial charge < -0.3 is 19.5 Å². The molecule has 0 unspecified atom stereocenters. The Morgan fingerprint density at radius 2 is 1.91 bits per heavy atom. The van der Waals surface area contributed by atoms with Gasteiger partial charge >= 0.3 is 12.3 Å². The number of nitrogens with one attached hydrogen (secondary N) is 1. The van der Waals surface area contributed by atoms with Crippen LogP contribution in [-0.2, 0) is 9.53 Å². The molecule has 8 heteroatoms. The van der Waals surface area contributed by atoms with E-state index < -0.39 is 6.29 Å². The van der Waals surface area contributed by atoms with E-state index in [0.717, 1.165) is 6.42 Å². The lowest BCUT2D eigenvalue weighted by Gasteiger charge is -2.06. The van der Waals surface area contributed by atoms with Crippen LogP contribution in [0.1, 0.15) is 36.0 Å². The molecular weight excluding hydrogens is 312 g/mol. The van der Waals surface area contributed by atoms with E-state index >= 15 is 0 Å². The average Bonchev–Trinajstić information content (AvgIpc) is 2.82. The second kappa shape index (κ2) is 7.26. The van der Waals surface area contributed by atoms with Crippen molar-refractivity contribution in [2.45, 2.75) is 32.0 Å². The summed E-state index contributed by atoms with van der Waals surface area (Å²) in [5.74, 6) is -0.916. The van der Waals surface area contributed by atoms with E-state index in [1.165, 1.54) is 25.3 Å². The van der Waals surface area contributed by atoms with Crippen LogP contribution in [0.25, 0.3) is 0 Å². The summed E-state index contributed by atoms with van der Waals surface area (Å²) in [7, 11) is 1.34. The second-order valence-corrected chi connectivity index (χ2v) is 4.97. The van der Waals surface area contributed by atoms with E-state index in [-0.39, 0.29) is 28.9 Å². The molecular formula is C15H17F2NO5. The fraction of sp³-hybridized carbons (Fsp3) is 0.467. The number of hydrogen-bond donors (Lipinski definition) is 1. The fourth-order valence-corrected chi connectivity index (χ4v) is 2.07. The van der Waals surface area contributed by atoms with Crippen molar-refractivity contribution >= 4 is 11.9 Å². The number of carbonyl (C=O) groups is 2. The van der Waals surface area contributed by atoms with Crippen molar-refractivity contribution in [3.8, 4) is 11.5 Å². The molecule has 6 nitrogen and oxygen atoms in total. The molecule has 1 heterocycles. The lowest BCUT2D eigenvalue weighted by molar-refractivity contribution is -0.286. The Kier molecular flexibility index (Phi) is 5.36. The summed E-state index contributed by atoms with van der Waals surface area (Å²) in [4.78, 5) is 22.8. The molecule has 1 N–H and O–H groups in total. The number of methoxy groups -OCH3 is 1. The SMILES string of the molecule is COC(=O)CCCCCNC(=O)c1ccc2c(c1)OC(F)(F)O2. The molecule has 0 aliphatic carbocycles. The van der Waals surface area contributed by atoms with Gasteiger partial charge in [-0.25, -0.2) is 0 Å². The number of halogens is 2. The summed E-state index contributed by atoms with van der Waals surface area (Å²) in [6.45, 7) is 0.421. The highest BCUT2D eigenvalue weighted by Crippen LogP contribution is 2.41. The standard InChI is InChI=1S/C15H17F2NO5/c1-21-13(19)5-3-2-4-8-18-14(20)10-6-7-11-12(9-10)23-15(16,17)22-11/h6-7,9H,2-5,8H2,1H3,(H,18,20). The molecule has 0 spiro atoms. The summed E-state index contributed by atoms with van der Waals surface area (Å²) in [6, 6.07) is 3.86. The van der Waals surface area contributed by atoms with Crippen LogP contribution < -0.4 is 14.8 Å². The molecule has 23 heavy (non-hydrogen) atoms. The number of carbonyl (C=O) groups excluding carboxylic acids is 2. The maximum absolute atomic E-state index is 12.9. The Labute approximate surface area is 131 Å². The molecule has 0 fully saturated rings. The van der Waals surface area contributed by atoms with Crippen LogP contribution in [0.3, 0.4) is 0 Å². The van der Waals surface area contributed by atoms with Crippen molar-refractivity contribution in [3.05, 3.63) is 23.8 Å². The number of amides is 1. The van der Waals surface area contributed by atoms with Crippen molar-refractivity contribution < 1.29 is 32.6 Å². The van der Waals surface area contributed by atoms with Gasteiger partial charge in [-0.15, -0.1) is 8.78 Å². The zero-order valence-corrected chi connectivity index (χ0v) is 12.6. The molecule has 0 saturated carbocycles. The largest absolute Gasteiger partial charge is 0.586 e. The molecule has 0 saturated heterocycles. The minimum Gasteiger partial charge on any atom is -0.469 e. The number of fused-ring (bicyclic) bond motifs is 1. The molecule has 1 aromatic rings. The van der Waals surface area contributed by atoms with Gasteiger partial charge in [0.2, 0.25) is 0 Å². The number of benzene rings is 1. The van der Waals surface area contributed by atoms with E-state index in [2.05, 4.69) is 19.5 Å². The minimum absolute atomic E-state index is 0.102. The summed E-state index contributed by atoms with van der Waals surface area (Å²) in [5.41, 5.74) is 0.208. The Bertz CT molecular complexity index is 591. The molecule has 1 amide bonds. The molecule has 2 rings (SSSR count). The third-order valence-electron chi connectivity index (χ3n) is 3.23. The molecule has 0 atom stereocenters. The predicted octanol–water partition coefficient (Wildman–Crippen LogP) is 2.47. The van der Waals surface area contributed by atoms with Gasteiger partial charge in [0.1, 0.15) is 0 Å². The smallest absolute Gasteiger partial charge is 0.469 e. The van der Waals surface area contributed by atoms with Crippen LogP contribution in [0.5, 0.6) is 11.5 Å². The van der Waals surface area contributed by atoms with Crippen LogP contribution in [-0.4, -0.2) is 31.8 Å².